The Morgan fingerprint density at radius 1 is 1.17 bits per heavy atom. The maximum atomic E-state index is 10.9. The lowest BCUT2D eigenvalue weighted by atomic mass is 10.2. The molecule has 5 nitrogen and oxygen atoms in total. The van der Waals surface area contributed by atoms with Gasteiger partial charge in [-0.2, -0.15) is 0 Å². The fourth-order valence-corrected chi connectivity index (χ4v) is 2.59. The van der Waals surface area contributed by atoms with Crippen molar-refractivity contribution in [1.82, 2.24) is 4.98 Å². The Morgan fingerprint density at radius 2 is 2.00 bits per heavy atom. The van der Waals surface area contributed by atoms with Crippen LogP contribution < -0.4 is 0 Å². The maximum absolute atomic E-state index is 10.9. The molecule has 0 bridgehead atoms. The Kier molecular flexibility index (Phi) is 4.16. The lowest BCUT2D eigenvalue weighted by Gasteiger charge is -2.01. The van der Waals surface area contributed by atoms with E-state index < -0.39 is 4.92 Å². The number of aromatic nitrogens is 1. The Balaban J connectivity index is 1.92. The molecule has 1 heterocycles. The van der Waals surface area contributed by atoms with Crippen molar-refractivity contribution in [3.8, 4) is 0 Å². The van der Waals surface area contributed by atoms with Crippen molar-refractivity contribution in [2.24, 2.45) is 4.99 Å². The van der Waals surface area contributed by atoms with E-state index in [4.69, 9.17) is 0 Å². The van der Waals surface area contributed by atoms with Gasteiger partial charge in [0, 0.05) is 23.4 Å². The van der Waals surface area contributed by atoms with Crippen molar-refractivity contribution < 1.29 is 4.92 Å². The van der Waals surface area contributed by atoms with Crippen LogP contribution >= 0.6 is 15.9 Å². The van der Waals surface area contributed by atoms with E-state index >= 15 is 0 Å². The monoisotopic (exact) mass is 369 g/mol. The summed E-state index contributed by atoms with van der Waals surface area (Å²) in [6.45, 7) is 1.95. The molecule has 0 spiro atoms. The molecule has 0 radical (unpaired) electrons. The van der Waals surface area contributed by atoms with Crippen molar-refractivity contribution >= 4 is 44.4 Å². The molecule has 0 saturated carbocycles. The second kappa shape index (κ2) is 6.26. The fourth-order valence-electron chi connectivity index (χ4n) is 2.19. The Bertz CT molecular complexity index is 938. The summed E-state index contributed by atoms with van der Waals surface area (Å²) in [5.41, 5.74) is 3.35. The van der Waals surface area contributed by atoms with Gasteiger partial charge in [-0.3, -0.25) is 20.1 Å². The molecule has 3 aromatic rings. The van der Waals surface area contributed by atoms with Gasteiger partial charge in [-0.1, -0.05) is 12.1 Å². The van der Waals surface area contributed by atoms with E-state index in [9.17, 15) is 10.1 Å². The van der Waals surface area contributed by atoms with Gasteiger partial charge in [-0.05, 0) is 58.7 Å². The minimum Gasteiger partial charge on any atom is -0.258 e. The summed E-state index contributed by atoms with van der Waals surface area (Å²) < 4.78 is 0.451. The first-order chi connectivity index (χ1) is 11.0. The van der Waals surface area contributed by atoms with E-state index in [1.807, 2.05) is 37.3 Å². The highest BCUT2D eigenvalue weighted by atomic mass is 79.9. The fraction of sp³-hybridized carbons (Fsp3) is 0.0588. The second-order valence-corrected chi connectivity index (χ2v) is 5.91. The highest BCUT2D eigenvalue weighted by Crippen LogP contribution is 2.25. The average molecular weight is 370 g/mol. The normalized spacial score (nSPS) is 11.2. The summed E-state index contributed by atoms with van der Waals surface area (Å²) in [6, 6.07) is 14.6. The van der Waals surface area contributed by atoms with Crippen molar-refractivity contribution in [2.45, 2.75) is 6.92 Å². The molecule has 0 fully saturated rings. The number of nitro groups is 1. The van der Waals surface area contributed by atoms with Gasteiger partial charge in [0.1, 0.15) is 0 Å². The molecule has 3 rings (SSSR count). The quantitative estimate of drug-likeness (QED) is 0.372. The molecule has 0 amide bonds. The first kappa shape index (κ1) is 15.3. The van der Waals surface area contributed by atoms with Crippen LogP contribution in [0.2, 0.25) is 0 Å². The number of benzene rings is 2. The van der Waals surface area contributed by atoms with Crippen LogP contribution in [0, 0.1) is 17.0 Å². The number of fused-ring (bicyclic) bond motifs is 1. The number of nitro benzene ring substituents is 1. The number of pyridine rings is 1. The molecule has 0 atom stereocenters. The zero-order valence-corrected chi connectivity index (χ0v) is 13.8. The third-order valence-corrected chi connectivity index (χ3v) is 4.01. The topological polar surface area (TPSA) is 68.4 Å². The lowest BCUT2D eigenvalue weighted by Crippen LogP contribution is -1.91. The van der Waals surface area contributed by atoms with Crippen molar-refractivity contribution in [3.63, 3.8) is 0 Å². The van der Waals surface area contributed by atoms with Gasteiger partial charge < -0.3 is 0 Å². The van der Waals surface area contributed by atoms with Crippen molar-refractivity contribution in [2.75, 3.05) is 0 Å². The van der Waals surface area contributed by atoms with Crippen LogP contribution in [-0.4, -0.2) is 16.1 Å². The largest absolute Gasteiger partial charge is 0.284 e. The van der Waals surface area contributed by atoms with E-state index in [-0.39, 0.29) is 5.69 Å². The smallest absolute Gasteiger partial charge is 0.258 e. The number of hydrogen-bond donors (Lipinski definition) is 0. The summed E-state index contributed by atoms with van der Waals surface area (Å²) >= 11 is 3.17. The number of aryl methyl sites for hydroxylation is 1. The minimum atomic E-state index is -0.425. The average Bonchev–Trinajstić information content (AvgIpc) is 2.53. The van der Waals surface area contributed by atoms with E-state index in [1.54, 1.807) is 18.3 Å². The lowest BCUT2D eigenvalue weighted by molar-refractivity contribution is -0.385. The third kappa shape index (κ3) is 3.43. The SMILES string of the molecule is Cc1ccc2cc(N=Cc3ccc(Br)c([N+](=O)[O-])c3)ccc2n1. The molecular weight excluding hydrogens is 358 g/mol. The van der Waals surface area contributed by atoms with E-state index in [0.717, 1.165) is 22.3 Å². The summed E-state index contributed by atoms with van der Waals surface area (Å²) in [5, 5.41) is 12.0. The molecule has 0 saturated heterocycles. The van der Waals surface area contributed by atoms with E-state index in [1.165, 1.54) is 6.07 Å². The molecule has 114 valence electrons. The molecule has 0 N–H and O–H groups in total. The van der Waals surface area contributed by atoms with Crippen LogP contribution in [0.25, 0.3) is 10.9 Å². The number of hydrogen-bond acceptors (Lipinski definition) is 4. The van der Waals surface area contributed by atoms with Gasteiger partial charge in [0.2, 0.25) is 0 Å². The first-order valence-electron chi connectivity index (χ1n) is 6.88. The van der Waals surface area contributed by atoms with Crippen LogP contribution in [0.5, 0.6) is 0 Å². The predicted octanol–water partition coefficient (Wildman–Crippen LogP) is 4.96. The van der Waals surface area contributed by atoms with Crippen molar-refractivity contribution in [3.05, 3.63) is 74.4 Å². The summed E-state index contributed by atoms with van der Waals surface area (Å²) in [5.74, 6) is 0. The van der Waals surface area contributed by atoms with Crippen LogP contribution in [-0.2, 0) is 0 Å². The van der Waals surface area contributed by atoms with Gasteiger partial charge in [0.15, 0.2) is 0 Å². The molecule has 0 aliphatic rings. The molecular formula is C17H12BrN3O2. The third-order valence-electron chi connectivity index (χ3n) is 3.34. The molecule has 0 unspecified atom stereocenters. The number of nitrogens with zero attached hydrogens (tertiary/aromatic N) is 3. The van der Waals surface area contributed by atoms with Crippen LogP contribution in [0.4, 0.5) is 11.4 Å². The molecule has 1 aromatic heterocycles. The summed E-state index contributed by atoms with van der Waals surface area (Å²) in [4.78, 5) is 19.4. The predicted molar refractivity (Wildman–Crippen MR) is 94.5 cm³/mol. The Morgan fingerprint density at radius 3 is 2.78 bits per heavy atom. The number of rotatable bonds is 3. The van der Waals surface area contributed by atoms with Crippen LogP contribution in [0.1, 0.15) is 11.3 Å². The van der Waals surface area contributed by atoms with Crippen LogP contribution in [0.3, 0.4) is 0 Å². The van der Waals surface area contributed by atoms with Gasteiger partial charge >= 0.3 is 0 Å². The molecule has 2 aromatic carbocycles. The second-order valence-electron chi connectivity index (χ2n) is 5.06. The van der Waals surface area contributed by atoms with Gasteiger partial charge in [0.05, 0.1) is 20.6 Å². The van der Waals surface area contributed by atoms with Gasteiger partial charge in [0.25, 0.3) is 5.69 Å². The molecule has 0 aliphatic heterocycles. The van der Waals surface area contributed by atoms with Crippen molar-refractivity contribution in [1.29, 1.82) is 0 Å². The summed E-state index contributed by atoms with van der Waals surface area (Å²) in [6.07, 6.45) is 1.61. The minimum absolute atomic E-state index is 0.0205. The Labute approximate surface area is 141 Å². The Hall–Kier alpha value is -2.60. The zero-order valence-electron chi connectivity index (χ0n) is 12.2. The maximum Gasteiger partial charge on any atom is 0.284 e. The van der Waals surface area contributed by atoms with Gasteiger partial charge in [-0.25, -0.2) is 0 Å². The van der Waals surface area contributed by atoms with E-state index in [2.05, 4.69) is 25.9 Å². The van der Waals surface area contributed by atoms with E-state index in [0.29, 0.717) is 10.0 Å². The number of aliphatic imine (C=N–C) groups is 1. The zero-order chi connectivity index (χ0) is 16.4. The van der Waals surface area contributed by atoms with Gasteiger partial charge in [-0.15, -0.1) is 0 Å². The highest BCUT2D eigenvalue weighted by molar-refractivity contribution is 9.10. The standard InChI is InChI=1S/C17H12BrN3O2/c1-11-2-4-13-9-14(5-7-16(13)20-11)19-10-12-3-6-15(18)17(8-12)21(22)23/h2-10H,1H3. The first-order valence-corrected chi connectivity index (χ1v) is 7.68. The number of halogens is 1. The molecule has 23 heavy (non-hydrogen) atoms. The summed E-state index contributed by atoms with van der Waals surface area (Å²) in [7, 11) is 0. The molecule has 6 heteroatoms. The van der Waals surface area contributed by atoms with Crippen LogP contribution in [0.15, 0.2) is 58.0 Å². The molecule has 0 aliphatic carbocycles. The highest BCUT2D eigenvalue weighted by Gasteiger charge is 2.11.